The van der Waals surface area contributed by atoms with Crippen LogP contribution in [0.3, 0.4) is 0 Å². The highest BCUT2D eigenvalue weighted by atomic mass is 35.5. The number of ether oxygens (including phenoxy) is 2. The van der Waals surface area contributed by atoms with Gasteiger partial charge >= 0.3 is 11.3 Å². The third kappa shape index (κ3) is 8.82. The molecule has 2 N–H and O–H groups in total. The molecule has 1 atom stereocenters. The quantitative estimate of drug-likeness (QED) is 0.785. The van der Waals surface area contributed by atoms with Crippen molar-refractivity contribution < 1.29 is 19.1 Å². The maximum Gasteiger partial charge on any atom is 0.367 e. The first-order valence-electron chi connectivity index (χ1n) is 4.45. The van der Waals surface area contributed by atoms with Crippen molar-refractivity contribution in [3.05, 3.63) is 0 Å². The Labute approximate surface area is 106 Å². The molecule has 0 bridgehead atoms. The van der Waals surface area contributed by atoms with Gasteiger partial charge in [0.25, 0.3) is 0 Å². The zero-order valence-electron chi connectivity index (χ0n) is 9.81. The molecule has 5 nitrogen and oxygen atoms in total. The van der Waals surface area contributed by atoms with Crippen molar-refractivity contribution in [3.8, 4) is 0 Å². The summed E-state index contributed by atoms with van der Waals surface area (Å²) < 4.78 is 9.43. The van der Waals surface area contributed by atoms with Crippen molar-refractivity contribution in [2.24, 2.45) is 5.73 Å². The molecular formula is C9H18ClNO4S. The van der Waals surface area contributed by atoms with Crippen LogP contribution < -0.4 is 5.73 Å². The minimum Gasteiger partial charge on any atom is -0.468 e. The first-order valence-corrected chi connectivity index (χ1v) is 5.44. The van der Waals surface area contributed by atoms with Crippen LogP contribution in [0, 0.1) is 0 Å². The lowest BCUT2D eigenvalue weighted by Crippen LogP contribution is -2.34. The zero-order chi connectivity index (χ0) is 12.1. The fourth-order valence-electron chi connectivity index (χ4n) is 0.657. The molecule has 16 heavy (non-hydrogen) atoms. The van der Waals surface area contributed by atoms with Crippen LogP contribution in [0.2, 0.25) is 0 Å². The summed E-state index contributed by atoms with van der Waals surface area (Å²) >= 11 is 0.868. The fraction of sp³-hybridized carbons (Fsp3) is 0.778. The number of hydrogen-bond acceptors (Lipinski definition) is 6. The molecule has 0 heterocycles. The predicted molar refractivity (Wildman–Crippen MR) is 65.9 cm³/mol. The minimum atomic E-state index is -0.799. The van der Waals surface area contributed by atoms with Gasteiger partial charge in [-0.3, -0.25) is 4.79 Å². The summed E-state index contributed by atoms with van der Waals surface area (Å²) in [6.45, 7) is 5.31. The van der Waals surface area contributed by atoms with Crippen LogP contribution in [0.1, 0.15) is 20.8 Å². The van der Waals surface area contributed by atoms with Crippen LogP contribution in [0.5, 0.6) is 0 Å². The first-order chi connectivity index (χ1) is 6.76. The van der Waals surface area contributed by atoms with Gasteiger partial charge in [0, 0.05) is 5.75 Å². The summed E-state index contributed by atoms with van der Waals surface area (Å²) in [6, 6.07) is -0.799. The van der Waals surface area contributed by atoms with Gasteiger partial charge in [0.15, 0.2) is 0 Å². The summed E-state index contributed by atoms with van der Waals surface area (Å²) in [5.41, 5.74) is 4.91. The molecule has 0 aromatic heterocycles. The smallest absolute Gasteiger partial charge is 0.367 e. The van der Waals surface area contributed by atoms with E-state index in [1.165, 1.54) is 7.11 Å². The molecular weight excluding hydrogens is 254 g/mol. The molecule has 0 aliphatic carbocycles. The highest BCUT2D eigenvalue weighted by molar-refractivity contribution is 8.13. The molecule has 0 saturated heterocycles. The molecule has 0 amide bonds. The minimum absolute atomic E-state index is 0. The molecule has 0 fully saturated rings. The number of rotatable bonds is 3. The van der Waals surface area contributed by atoms with Crippen molar-refractivity contribution in [3.63, 3.8) is 0 Å². The maximum atomic E-state index is 11.2. The van der Waals surface area contributed by atoms with Crippen molar-refractivity contribution >= 4 is 35.4 Å². The van der Waals surface area contributed by atoms with E-state index in [4.69, 9.17) is 10.5 Å². The van der Waals surface area contributed by atoms with Crippen LogP contribution in [-0.4, -0.2) is 35.8 Å². The second-order valence-corrected chi connectivity index (χ2v) is 4.86. The monoisotopic (exact) mass is 271 g/mol. The van der Waals surface area contributed by atoms with Gasteiger partial charge in [-0.1, -0.05) is 0 Å². The largest absolute Gasteiger partial charge is 0.468 e. The number of carbonyl (C=O) groups is 2. The Morgan fingerprint density at radius 1 is 1.38 bits per heavy atom. The molecule has 96 valence electrons. The van der Waals surface area contributed by atoms with Crippen molar-refractivity contribution in [1.29, 1.82) is 0 Å². The second-order valence-electron chi connectivity index (χ2n) is 3.91. The highest BCUT2D eigenvalue weighted by Crippen LogP contribution is 2.15. The number of esters is 1. The molecule has 0 aliphatic heterocycles. The third-order valence-corrected chi connectivity index (χ3v) is 2.12. The van der Waals surface area contributed by atoms with Gasteiger partial charge in [-0.15, -0.1) is 12.4 Å². The van der Waals surface area contributed by atoms with E-state index in [0.29, 0.717) is 0 Å². The zero-order valence-corrected chi connectivity index (χ0v) is 11.4. The average molecular weight is 272 g/mol. The molecule has 0 aliphatic rings. The Morgan fingerprint density at radius 3 is 2.25 bits per heavy atom. The summed E-state index contributed by atoms with van der Waals surface area (Å²) in [6.07, 6.45) is 0. The summed E-state index contributed by atoms with van der Waals surface area (Å²) in [7, 11) is 1.25. The Hall–Kier alpha value is -0.460. The van der Waals surface area contributed by atoms with E-state index in [1.807, 2.05) is 0 Å². The predicted octanol–water partition coefficient (Wildman–Crippen LogP) is 1.58. The summed E-state index contributed by atoms with van der Waals surface area (Å²) in [5, 5.41) is -0.443. The number of methoxy groups -OCH3 is 1. The average Bonchev–Trinajstić information content (AvgIpc) is 2.10. The fourth-order valence-corrected chi connectivity index (χ4v) is 1.42. The number of thioether (sulfide) groups is 1. The van der Waals surface area contributed by atoms with Crippen LogP contribution in [-0.2, 0) is 14.3 Å². The Kier molecular flexibility index (Phi) is 8.69. The van der Waals surface area contributed by atoms with E-state index in [1.54, 1.807) is 20.8 Å². The van der Waals surface area contributed by atoms with Crippen LogP contribution in [0.25, 0.3) is 0 Å². The Bertz CT molecular complexity index is 242. The summed E-state index contributed by atoms with van der Waals surface area (Å²) in [4.78, 5) is 22.1. The molecule has 0 unspecified atom stereocenters. The normalized spacial score (nSPS) is 12.3. The van der Waals surface area contributed by atoms with E-state index in [9.17, 15) is 9.59 Å². The van der Waals surface area contributed by atoms with E-state index in [0.717, 1.165) is 11.8 Å². The van der Waals surface area contributed by atoms with Crippen molar-refractivity contribution in [2.75, 3.05) is 12.9 Å². The van der Waals surface area contributed by atoms with Gasteiger partial charge < -0.3 is 15.2 Å². The van der Waals surface area contributed by atoms with E-state index >= 15 is 0 Å². The van der Waals surface area contributed by atoms with E-state index in [2.05, 4.69) is 4.74 Å². The van der Waals surface area contributed by atoms with Gasteiger partial charge in [0.2, 0.25) is 0 Å². The van der Waals surface area contributed by atoms with Gasteiger partial charge in [0.05, 0.1) is 7.11 Å². The van der Waals surface area contributed by atoms with Crippen molar-refractivity contribution in [1.82, 2.24) is 0 Å². The lowest BCUT2D eigenvalue weighted by Gasteiger charge is -2.19. The highest BCUT2D eigenvalue weighted by Gasteiger charge is 2.20. The summed E-state index contributed by atoms with van der Waals surface area (Å²) in [5.74, 6) is -0.382. The number of halogens is 1. The number of nitrogens with two attached hydrogens (primary N) is 1. The maximum absolute atomic E-state index is 11.2. The number of carbonyl (C=O) groups excluding carboxylic acids is 2. The molecule has 7 heteroatoms. The van der Waals surface area contributed by atoms with Crippen molar-refractivity contribution in [2.45, 2.75) is 32.4 Å². The van der Waals surface area contributed by atoms with Gasteiger partial charge in [-0.2, -0.15) is 0 Å². The SMILES string of the molecule is COC(=O)[C@@H](N)CSC(=O)OC(C)(C)C.Cl. The third-order valence-electron chi connectivity index (χ3n) is 1.27. The Morgan fingerprint density at radius 2 is 1.88 bits per heavy atom. The standard InChI is InChI=1S/C9H17NO4S.ClH/c1-9(2,3)14-8(12)15-5-6(10)7(11)13-4;/h6H,5,10H2,1-4H3;1H/t6-;/m0./s1. The molecule has 0 aromatic rings. The molecule has 0 radical (unpaired) electrons. The lowest BCUT2D eigenvalue weighted by molar-refractivity contribution is -0.141. The molecule has 0 aromatic carbocycles. The van der Waals surface area contributed by atoms with Crippen LogP contribution in [0.4, 0.5) is 4.79 Å². The van der Waals surface area contributed by atoms with Gasteiger partial charge in [-0.25, -0.2) is 4.79 Å². The van der Waals surface area contributed by atoms with Gasteiger partial charge in [-0.05, 0) is 32.5 Å². The second kappa shape index (κ2) is 7.76. The van der Waals surface area contributed by atoms with Gasteiger partial charge in [0.1, 0.15) is 11.6 Å². The lowest BCUT2D eigenvalue weighted by atomic mass is 10.2. The van der Waals surface area contributed by atoms with E-state index in [-0.39, 0.29) is 18.2 Å². The molecule has 0 spiro atoms. The van der Waals surface area contributed by atoms with Crippen LogP contribution in [0.15, 0.2) is 0 Å². The Balaban J connectivity index is 0. The molecule has 0 saturated carbocycles. The number of hydrogen-bond donors (Lipinski definition) is 1. The first kappa shape index (κ1) is 17.9. The molecule has 0 rings (SSSR count). The van der Waals surface area contributed by atoms with Crippen LogP contribution >= 0.6 is 24.2 Å². The van der Waals surface area contributed by atoms with E-state index < -0.39 is 22.9 Å². The topological polar surface area (TPSA) is 78.6 Å².